The smallest absolute Gasteiger partial charge is 0.126 e. The van der Waals surface area contributed by atoms with Gasteiger partial charge in [-0.05, 0) is 62.0 Å². The third-order valence-corrected chi connectivity index (χ3v) is 4.88. The van der Waals surface area contributed by atoms with E-state index in [0.29, 0.717) is 11.1 Å². The van der Waals surface area contributed by atoms with Crippen LogP contribution in [0.2, 0.25) is 0 Å². The first kappa shape index (κ1) is 13.2. The van der Waals surface area contributed by atoms with Crippen LogP contribution in [0.15, 0.2) is 31.8 Å². The molecule has 0 saturated carbocycles. The number of rotatable bonds is 2. The summed E-state index contributed by atoms with van der Waals surface area (Å²) in [6, 6.07) is 6.61. The zero-order chi connectivity index (χ0) is 12.6. The standard InChI is InChI=1S/C12H9Br2FOS/c1-6-2-3-7(4-9(6)15)11(16)8-5-10(13)17-12(8)14/h2-5,11,16H,1H3. The molecule has 1 aromatic heterocycles. The van der Waals surface area contributed by atoms with Crippen LogP contribution >= 0.6 is 43.2 Å². The first-order valence-corrected chi connectivity index (χ1v) is 7.28. The van der Waals surface area contributed by atoms with Crippen LogP contribution in [0, 0.1) is 12.7 Å². The number of aliphatic hydroxyl groups is 1. The van der Waals surface area contributed by atoms with Crippen molar-refractivity contribution in [1.29, 1.82) is 0 Å². The van der Waals surface area contributed by atoms with Crippen LogP contribution < -0.4 is 0 Å². The zero-order valence-electron chi connectivity index (χ0n) is 8.88. The van der Waals surface area contributed by atoms with E-state index >= 15 is 0 Å². The molecular formula is C12H9Br2FOS. The van der Waals surface area contributed by atoms with Gasteiger partial charge in [0, 0.05) is 5.56 Å². The van der Waals surface area contributed by atoms with Gasteiger partial charge in [-0.3, -0.25) is 0 Å². The van der Waals surface area contributed by atoms with Crippen molar-refractivity contribution >= 4 is 43.2 Å². The van der Waals surface area contributed by atoms with Crippen molar-refractivity contribution in [2.24, 2.45) is 0 Å². The predicted octanol–water partition coefficient (Wildman–Crippen LogP) is 4.80. The van der Waals surface area contributed by atoms with Crippen molar-refractivity contribution in [3.8, 4) is 0 Å². The molecule has 1 heterocycles. The summed E-state index contributed by atoms with van der Waals surface area (Å²) in [6.07, 6.45) is -0.818. The Labute approximate surface area is 120 Å². The van der Waals surface area contributed by atoms with E-state index in [1.165, 1.54) is 17.4 Å². The largest absolute Gasteiger partial charge is 0.384 e. The van der Waals surface area contributed by atoms with Crippen LogP contribution in [-0.4, -0.2) is 5.11 Å². The molecule has 2 aromatic rings. The Bertz CT molecular complexity index is 553. The lowest BCUT2D eigenvalue weighted by atomic mass is 10.0. The maximum Gasteiger partial charge on any atom is 0.126 e. The molecule has 0 fully saturated rings. The fourth-order valence-corrected chi connectivity index (χ4v) is 4.38. The van der Waals surface area contributed by atoms with Crippen LogP contribution in [-0.2, 0) is 0 Å². The molecule has 0 bridgehead atoms. The van der Waals surface area contributed by atoms with Crippen molar-refractivity contribution in [2.45, 2.75) is 13.0 Å². The number of halogens is 3. The van der Waals surface area contributed by atoms with Gasteiger partial charge < -0.3 is 5.11 Å². The molecular weight excluding hydrogens is 371 g/mol. The highest BCUT2D eigenvalue weighted by Gasteiger charge is 2.17. The lowest BCUT2D eigenvalue weighted by molar-refractivity contribution is 0.219. The molecule has 0 amide bonds. The Morgan fingerprint density at radius 2 is 2.00 bits per heavy atom. The van der Waals surface area contributed by atoms with E-state index in [0.717, 1.165) is 13.1 Å². The summed E-state index contributed by atoms with van der Waals surface area (Å²) in [5.74, 6) is -0.299. The van der Waals surface area contributed by atoms with Gasteiger partial charge in [-0.15, -0.1) is 11.3 Å². The fourth-order valence-electron chi connectivity index (χ4n) is 1.50. The van der Waals surface area contributed by atoms with Crippen molar-refractivity contribution < 1.29 is 9.50 Å². The van der Waals surface area contributed by atoms with E-state index < -0.39 is 6.10 Å². The second kappa shape index (κ2) is 5.18. The van der Waals surface area contributed by atoms with Gasteiger partial charge >= 0.3 is 0 Å². The Morgan fingerprint density at radius 1 is 1.29 bits per heavy atom. The van der Waals surface area contributed by atoms with Gasteiger partial charge in [0.15, 0.2) is 0 Å². The number of thiophene rings is 1. The molecule has 0 aliphatic rings. The number of aliphatic hydroxyl groups excluding tert-OH is 1. The van der Waals surface area contributed by atoms with Crippen LogP contribution in [0.4, 0.5) is 4.39 Å². The van der Waals surface area contributed by atoms with Crippen molar-refractivity contribution in [2.75, 3.05) is 0 Å². The zero-order valence-corrected chi connectivity index (χ0v) is 12.9. The third kappa shape index (κ3) is 2.78. The summed E-state index contributed by atoms with van der Waals surface area (Å²) < 4.78 is 15.2. The number of hydrogen-bond donors (Lipinski definition) is 1. The Kier molecular flexibility index (Phi) is 4.02. The first-order valence-electron chi connectivity index (χ1n) is 4.88. The minimum atomic E-state index is -0.818. The van der Waals surface area contributed by atoms with Crippen molar-refractivity contribution in [1.82, 2.24) is 0 Å². The highest BCUT2D eigenvalue weighted by molar-refractivity contribution is 9.12. The molecule has 1 N–H and O–H groups in total. The summed E-state index contributed by atoms with van der Waals surface area (Å²) in [7, 11) is 0. The highest BCUT2D eigenvalue weighted by atomic mass is 79.9. The van der Waals surface area contributed by atoms with Gasteiger partial charge in [-0.1, -0.05) is 12.1 Å². The lowest BCUT2D eigenvalue weighted by Crippen LogP contribution is -2.00. The average Bonchev–Trinajstić information content (AvgIpc) is 2.61. The van der Waals surface area contributed by atoms with E-state index in [1.54, 1.807) is 19.1 Å². The molecule has 0 aliphatic heterocycles. The highest BCUT2D eigenvalue weighted by Crippen LogP contribution is 2.37. The van der Waals surface area contributed by atoms with Gasteiger partial charge in [-0.2, -0.15) is 0 Å². The topological polar surface area (TPSA) is 20.2 Å². The molecule has 1 unspecified atom stereocenters. The third-order valence-electron chi connectivity index (χ3n) is 2.49. The van der Waals surface area contributed by atoms with Crippen LogP contribution in [0.1, 0.15) is 22.8 Å². The maximum absolute atomic E-state index is 13.4. The minimum absolute atomic E-state index is 0.299. The monoisotopic (exact) mass is 378 g/mol. The first-order chi connectivity index (χ1) is 7.99. The Morgan fingerprint density at radius 3 is 2.53 bits per heavy atom. The van der Waals surface area contributed by atoms with E-state index in [9.17, 15) is 9.50 Å². The van der Waals surface area contributed by atoms with Gasteiger partial charge in [0.05, 0.1) is 7.57 Å². The van der Waals surface area contributed by atoms with Crippen LogP contribution in [0.3, 0.4) is 0 Å². The second-order valence-corrected chi connectivity index (χ2v) is 7.44. The van der Waals surface area contributed by atoms with E-state index in [2.05, 4.69) is 31.9 Å². The number of aryl methyl sites for hydroxylation is 1. The van der Waals surface area contributed by atoms with Crippen molar-refractivity contribution in [3.63, 3.8) is 0 Å². The quantitative estimate of drug-likeness (QED) is 0.794. The molecule has 0 radical (unpaired) electrons. The molecule has 0 aliphatic carbocycles. The summed E-state index contributed by atoms with van der Waals surface area (Å²) in [6.45, 7) is 1.70. The van der Waals surface area contributed by atoms with Crippen LogP contribution in [0.25, 0.3) is 0 Å². The maximum atomic E-state index is 13.4. The van der Waals surface area contributed by atoms with Crippen molar-refractivity contribution in [3.05, 3.63) is 54.3 Å². The van der Waals surface area contributed by atoms with Gasteiger partial charge in [0.25, 0.3) is 0 Å². The van der Waals surface area contributed by atoms with E-state index in [-0.39, 0.29) is 5.82 Å². The Hall–Kier alpha value is -0.230. The van der Waals surface area contributed by atoms with Gasteiger partial charge in [0.1, 0.15) is 11.9 Å². The molecule has 0 spiro atoms. The minimum Gasteiger partial charge on any atom is -0.384 e. The molecule has 1 nitrogen and oxygen atoms in total. The van der Waals surface area contributed by atoms with Crippen LogP contribution in [0.5, 0.6) is 0 Å². The lowest BCUT2D eigenvalue weighted by Gasteiger charge is -2.11. The molecule has 1 aromatic carbocycles. The Balaban J connectivity index is 2.40. The van der Waals surface area contributed by atoms with E-state index in [1.807, 2.05) is 6.07 Å². The summed E-state index contributed by atoms with van der Waals surface area (Å²) >= 11 is 8.22. The number of benzene rings is 1. The molecule has 1 atom stereocenters. The predicted molar refractivity (Wildman–Crippen MR) is 74.9 cm³/mol. The second-order valence-electron chi connectivity index (χ2n) is 3.69. The normalized spacial score (nSPS) is 12.8. The summed E-state index contributed by atoms with van der Waals surface area (Å²) in [5, 5.41) is 10.2. The molecule has 2 rings (SSSR count). The molecule has 90 valence electrons. The van der Waals surface area contributed by atoms with E-state index in [4.69, 9.17) is 0 Å². The summed E-state index contributed by atoms with van der Waals surface area (Å²) in [5.41, 5.74) is 1.87. The molecule has 0 saturated heterocycles. The molecule has 5 heteroatoms. The number of hydrogen-bond acceptors (Lipinski definition) is 2. The molecule has 17 heavy (non-hydrogen) atoms. The average molecular weight is 380 g/mol. The van der Waals surface area contributed by atoms with Gasteiger partial charge in [-0.25, -0.2) is 4.39 Å². The summed E-state index contributed by atoms with van der Waals surface area (Å²) in [4.78, 5) is 0. The SMILES string of the molecule is Cc1ccc(C(O)c2cc(Br)sc2Br)cc1F. The van der Waals surface area contributed by atoms with Gasteiger partial charge in [0.2, 0.25) is 0 Å². The fraction of sp³-hybridized carbons (Fsp3) is 0.167.